The van der Waals surface area contributed by atoms with E-state index in [0.717, 1.165) is 5.56 Å². The molecule has 0 spiro atoms. The van der Waals surface area contributed by atoms with E-state index < -0.39 is 10.0 Å². The van der Waals surface area contributed by atoms with Crippen LogP contribution in [-0.2, 0) is 21.4 Å². The molecule has 1 aliphatic heterocycles. The Labute approximate surface area is 151 Å². The van der Waals surface area contributed by atoms with Gasteiger partial charge in [-0.25, -0.2) is 12.7 Å². The maximum atomic E-state index is 13.2. The van der Waals surface area contributed by atoms with E-state index in [4.69, 9.17) is 0 Å². The minimum absolute atomic E-state index is 0.0667. The standard InChI is InChI=1S/C19H28N2O3S/c1-15(17-8-9-17)21(14-16-6-4-3-5-7-16)19(22)18-10-12-20(13-11-18)25(2,23)24/h3-7,15,17-18H,8-14H2,1-2H3. The smallest absolute Gasteiger partial charge is 0.226 e. The SMILES string of the molecule is CC(C1CC1)N(Cc1ccccc1)C(=O)C1CCN(S(C)(=O)=O)CC1. The van der Waals surface area contributed by atoms with Crippen LogP contribution in [0.4, 0.5) is 0 Å². The first-order valence-corrected chi connectivity index (χ1v) is 11.0. The molecule has 3 rings (SSSR count). The number of nitrogens with zero attached hydrogens (tertiary/aromatic N) is 2. The molecule has 2 aliphatic rings. The summed E-state index contributed by atoms with van der Waals surface area (Å²) in [5, 5.41) is 0. The van der Waals surface area contributed by atoms with Gasteiger partial charge in [-0.3, -0.25) is 4.79 Å². The predicted octanol–water partition coefficient (Wildman–Crippen LogP) is 2.49. The van der Waals surface area contributed by atoms with Crippen LogP contribution in [0.5, 0.6) is 0 Å². The van der Waals surface area contributed by atoms with Crippen molar-refractivity contribution in [1.29, 1.82) is 0 Å². The second-order valence-corrected chi connectivity index (χ2v) is 9.45. The van der Waals surface area contributed by atoms with Crippen LogP contribution in [-0.4, -0.2) is 48.9 Å². The Morgan fingerprint density at radius 3 is 2.28 bits per heavy atom. The van der Waals surface area contributed by atoms with Gasteiger partial charge in [0.05, 0.1) is 6.26 Å². The van der Waals surface area contributed by atoms with Gasteiger partial charge in [0.2, 0.25) is 15.9 Å². The van der Waals surface area contributed by atoms with E-state index in [0.29, 0.717) is 38.4 Å². The Morgan fingerprint density at radius 1 is 1.16 bits per heavy atom. The van der Waals surface area contributed by atoms with Crippen molar-refractivity contribution in [2.75, 3.05) is 19.3 Å². The van der Waals surface area contributed by atoms with Gasteiger partial charge in [0.1, 0.15) is 0 Å². The molecule has 1 saturated carbocycles. The number of amides is 1. The lowest BCUT2D eigenvalue weighted by atomic mass is 9.95. The van der Waals surface area contributed by atoms with Crippen molar-refractivity contribution >= 4 is 15.9 Å². The lowest BCUT2D eigenvalue weighted by Gasteiger charge is -2.36. The van der Waals surface area contributed by atoms with Gasteiger partial charge in [-0.1, -0.05) is 30.3 Å². The van der Waals surface area contributed by atoms with Gasteiger partial charge in [-0.05, 0) is 44.1 Å². The highest BCUT2D eigenvalue weighted by Crippen LogP contribution is 2.37. The van der Waals surface area contributed by atoms with E-state index in [-0.39, 0.29) is 17.9 Å². The molecule has 25 heavy (non-hydrogen) atoms. The van der Waals surface area contributed by atoms with E-state index in [1.54, 1.807) is 0 Å². The highest BCUT2D eigenvalue weighted by molar-refractivity contribution is 7.88. The van der Waals surface area contributed by atoms with Gasteiger partial charge >= 0.3 is 0 Å². The molecule has 138 valence electrons. The molecule has 1 atom stereocenters. The van der Waals surface area contributed by atoms with Crippen LogP contribution < -0.4 is 0 Å². The molecule has 0 N–H and O–H groups in total. The summed E-state index contributed by atoms with van der Waals surface area (Å²) in [6.07, 6.45) is 4.88. The quantitative estimate of drug-likeness (QED) is 0.779. The summed E-state index contributed by atoms with van der Waals surface area (Å²) in [6.45, 7) is 3.70. The Hall–Kier alpha value is -1.40. The fourth-order valence-electron chi connectivity index (χ4n) is 3.70. The van der Waals surface area contributed by atoms with E-state index >= 15 is 0 Å². The van der Waals surface area contributed by atoms with Crippen molar-refractivity contribution < 1.29 is 13.2 Å². The molecule has 0 radical (unpaired) electrons. The van der Waals surface area contributed by atoms with Crippen LogP contribution >= 0.6 is 0 Å². The number of carbonyl (C=O) groups is 1. The molecular weight excluding hydrogens is 336 g/mol. The lowest BCUT2D eigenvalue weighted by molar-refractivity contribution is -0.140. The summed E-state index contributed by atoms with van der Waals surface area (Å²) in [5.74, 6) is 0.739. The Kier molecular flexibility index (Phi) is 5.49. The second-order valence-electron chi connectivity index (χ2n) is 7.47. The molecular formula is C19H28N2O3S. The predicted molar refractivity (Wildman–Crippen MR) is 98.3 cm³/mol. The molecule has 1 unspecified atom stereocenters. The summed E-state index contributed by atoms with van der Waals surface area (Å²) in [7, 11) is -3.16. The third kappa shape index (κ3) is 4.61. The van der Waals surface area contributed by atoms with Crippen molar-refractivity contribution in [1.82, 2.24) is 9.21 Å². The van der Waals surface area contributed by atoms with Crippen LogP contribution in [0.1, 0.15) is 38.2 Å². The highest BCUT2D eigenvalue weighted by atomic mass is 32.2. The van der Waals surface area contributed by atoms with Gasteiger partial charge in [-0.15, -0.1) is 0 Å². The van der Waals surface area contributed by atoms with Crippen molar-refractivity contribution in [3.63, 3.8) is 0 Å². The van der Waals surface area contributed by atoms with Crippen molar-refractivity contribution in [3.05, 3.63) is 35.9 Å². The number of carbonyl (C=O) groups excluding carboxylic acids is 1. The van der Waals surface area contributed by atoms with E-state index in [9.17, 15) is 13.2 Å². The van der Waals surface area contributed by atoms with Crippen LogP contribution in [0.15, 0.2) is 30.3 Å². The monoisotopic (exact) mass is 364 g/mol. The summed E-state index contributed by atoms with van der Waals surface area (Å²) in [5.41, 5.74) is 1.15. The molecule has 0 bridgehead atoms. The first kappa shape index (κ1) is 18.4. The van der Waals surface area contributed by atoms with Crippen molar-refractivity contribution in [3.8, 4) is 0 Å². The van der Waals surface area contributed by atoms with Crippen LogP contribution in [0.3, 0.4) is 0 Å². The summed E-state index contributed by atoms with van der Waals surface area (Å²) < 4.78 is 24.8. The van der Waals surface area contributed by atoms with Gasteiger partial charge in [0.15, 0.2) is 0 Å². The van der Waals surface area contributed by atoms with Gasteiger partial charge < -0.3 is 4.90 Å². The first-order chi connectivity index (χ1) is 11.9. The van der Waals surface area contributed by atoms with Crippen LogP contribution in [0.25, 0.3) is 0 Å². The Balaban J connectivity index is 1.69. The third-order valence-corrected chi connectivity index (χ3v) is 6.85. The fraction of sp³-hybridized carbons (Fsp3) is 0.632. The van der Waals surface area contributed by atoms with Crippen molar-refractivity contribution in [2.45, 2.75) is 45.2 Å². The summed E-state index contributed by atoms with van der Waals surface area (Å²) in [4.78, 5) is 15.2. The molecule has 1 amide bonds. The van der Waals surface area contributed by atoms with E-state index in [2.05, 4.69) is 19.1 Å². The molecule has 1 aromatic rings. The highest BCUT2D eigenvalue weighted by Gasteiger charge is 2.38. The number of rotatable bonds is 6. The maximum Gasteiger partial charge on any atom is 0.226 e. The normalized spacial score (nSPS) is 21.0. The molecule has 2 fully saturated rings. The Bertz CT molecular complexity index is 693. The fourth-order valence-corrected chi connectivity index (χ4v) is 4.58. The topological polar surface area (TPSA) is 57.7 Å². The number of hydrogen-bond acceptors (Lipinski definition) is 3. The van der Waals surface area contributed by atoms with Crippen molar-refractivity contribution in [2.24, 2.45) is 11.8 Å². The molecule has 1 aromatic carbocycles. The number of benzene rings is 1. The maximum absolute atomic E-state index is 13.2. The number of piperidine rings is 1. The zero-order valence-corrected chi connectivity index (χ0v) is 15.9. The summed E-state index contributed by atoms with van der Waals surface area (Å²) >= 11 is 0. The first-order valence-electron chi connectivity index (χ1n) is 9.16. The zero-order valence-electron chi connectivity index (χ0n) is 15.1. The minimum Gasteiger partial charge on any atom is -0.335 e. The zero-order chi connectivity index (χ0) is 18.0. The van der Waals surface area contributed by atoms with E-state index in [1.165, 1.54) is 23.4 Å². The lowest BCUT2D eigenvalue weighted by Crippen LogP contribution is -2.47. The molecule has 5 nitrogen and oxygen atoms in total. The largest absolute Gasteiger partial charge is 0.335 e. The number of hydrogen-bond donors (Lipinski definition) is 0. The second kappa shape index (κ2) is 7.46. The molecule has 1 saturated heterocycles. The molecule has 1 aliphatic carbocycles. The minimum atomic E-state index is -3.16. The average molecular weight is 365 g/mol. The van der Waals surface area contributed by atoms with Gasteiger partial charge in [0.25, 0.3) is 0 Å². The van der Waals surface area contributed by atoms with Gasteiger partial charge in [-0.2, -0.15) is 0 Å². The third-order valence-electron chi connectivity index (χ3n) is 5.55. The molecule has 6 heteroatoms. The van der Waals surface area contributed by atoms with E-state index in [1.807, 2.05) is 23.1 Å². The average Bonchev–Trinajstić information content (AvgIpc) is 3.44. The Morgan fingerprint density at radius 2 is 1.76 bits per heavy atom. The summed E-state index contributed by atoms with van der Waals surface area (Å²) in [6, 6.07) is 10.4. The molecule has 0 aromatic heterocycles. The van der Waals surface area contributed by atoms with Crippen LogP contribution in [0.2, 0.25) is 0 Å². The number of sulfonamides is 1. The van der Waals surface area contributed by atoms with Crippen LogP contribution in [0, 0.1) is 11.8 Å². The van der Waals surface area contributed by atoms with Gasteiger partial charge in [0, 0.05) is 31.6 Å². The molecule has 1 heterocycles.